The van der Waals surface area contributed by atoms with Crippen molar-refractivity contribution in [3.63, 3.8) is 0 Å². The largest absolute Gasteiger partial charge is 0.312 e. The molecular formula is C11H12ClNO2. The summed E-state index contributed by atoms with van der Waals surface area (Å²) >= 11 is 5.39. The Hall–Kier alpha value is -1.09. The van der Waals surface area contributed by atoms with E-state index in [0.29, 0.717) is 6.54 Å². The van der Waals surface area contributed by atoms with E-state index in [-0.39, 0.29) is 11.1 Å². The van der Waals surface area contributed by atoms with E-state index >= 15 is 0 Å². The lowest BCUT2D eigenvalue weighted by atomic mass is 10.1. The Morgan fingerprint density at radius 1 is 1.53 bits per heavy atom. The number of nitrogens with zero attached hydrogens (tertiary/aromatic N) is 1. The van der Waals surface area contributed by atoms with Gasteiger partial charge in [0.05, 0.1) is 5.56 Å². The van der Waals surface area contributed by atoms with Crippen molar-refractivity contribution in [1.82, 2.24) is 4.57 Å². The van der Waals surface area contributed by atoms with E-state index in [4.69, 9.17) is 11.6 Å². The molecule has 1 aliphatic carbocycles. The first-order chi connectivity index (χ1) is 7.15. The Bertz CT molecular complexity index is 476. The summed E-state index contributed by atoms with van der Waals surface area (Å²) < 4.78 is 1.66. The minimum Gasteiger partial charge on any atom is -0.312 e. The molecule has 0 spiro atoms. The highest BCUT2D eigenvalue weighted by molar-refractivity contribution is 6.67. The van der Waals surface area contributed by atoms with Crippen molar-refractivity contribution >= 4 is 16.8 Å². The molecule has 0 radical (unpaired) electrons. The summed E-state index contributed by atoms with van der Waals surface area (Å²) in [4.78, 5) is 22.9. The van der Waals surface area contributed by atoms with Crippen molar-refractivity contribution in [2.45, 2.75) is 32.7 Å². The van der Waals surface area contributed by atoms with Crippen LogP contribution in [0.4, 0.5) is 0 Å². The zero-order valence-corrected chi connectivity index (χ0v) is 9.30. The van der Waals surface area contributed by atoms with E-state index in [1.165, 1.54) is 0 Å². The predicted octanol–water partition coefficient (Wildman–Crippen LogP) is 1.74. The summed E-state index contributed by atoms with van der Waals surface area (Å²) in [6.07, 6.45) is 2.91. The summed E-state index contributed by atoms with van der Waals surface area (Å²) in [5.41, 5.74) is 2.03. The van der Waals surface area contributed by atoms with Crippen LogP contribution in [0, 0.1) is 0 Å². The van der Waals surface area contributed by atoms with Crippen LogP contribution in [0.3, 0.4) is 0 Å². The molecule has 0 aromatic carbocycles. The van der Waals surface area contributed by atoms with Crippen LogP contribution in [0.2, 0.25) is 0 Å². The molecule has 0 saturated heterocycles. The van der Waals surface area contributed by atoms with Gasteiger partial charge in [-0.1, -0.05) is 0 Å². The zero-order chi connectivity index (χ0) is 11.0. The van der Waals surface area contributed by atoms with Crippen LogP contribution in [0.25, 0.3) is 0 Å². The van der Waals surface area contributed by atoms with Gasteiger partial charge in [0.1, 0.15) is 0 Å². The average Bonchev–Trinajstić information content (AvgIpc) is 2.64. The van der Waals surface area contributed by atoms with Gasteiger partial charge in [-0.3, -0.25) is 9.59 Å². The zero-order valence-electron chi connectivity index (χ0n) is 8.55. The third-order valence-electron chi connectivity index (χ3n) is 2.88. The Morgan fingerprint density at radius 3 is 2.87 bits per heavy atom. The van der Waals surface area contributed by atoms with Crippen LogP contribution in [0.1, 0.15) is 35.0 Å². The number of rotatable bonds is 2. The van der Waals surface area contributed by atoms with Gasteiger partial charge < -0.3 is 4.57 Å². The normalized spacial score (nSPS) is 14.0. The van der Waals surface area contributed by atoms with E-state index in [0.717, 1.165) is 30.5 Å². The quantitative estimate of drug-likeness (QED) is 0.720. The van der Waals surface area contributed by atoms with Gasteiger partial charge in [-0.05, 0) is 49.4 Å². The number of halogens is 1. The number of aryl methyl sites for hydroxylation is 1. The lowest BCUT2D eigenvalue weighted by Gasteiger charge is -2.10. The van der Waals surface area contributed by atoms with Crippen molar-refractivity contribution in [1.29, 1.82) is 0 Å². The highest BCUT2D eigenvalue weighted by Crippen LogP contribution is 2.21. The van der Waals surface area contributed by atoms with Crippen LogP contribution in [-0.4, -0.2) is 9.81 Å². The second-order valence-electron chi connectivity index (χ2n) is 3.71. The smallest absolute Gasteiger partial charge is 0.262 e. The summed E-state index contributed by atoms with van der Waals surface area (Å²) in [6.45, 7) is 2.50. The van der Waals surface area contributed by atoms with Gasteiger partial charge in [-0.15, -0.1) is 0 Å². The minimum atomic E-state index is -0.656. The van der Waals surface area contributed by atoms with E-state index in [2.05, 4.69) is 0 Å². The SMILES string of the molecule is CCn1c2c(cc(C(=O)Cl)c1=O)CCC2. The second-order valence-corrected chi connectivity index (χ2v) is 4.05. The number of hydrogen-bond acceptors (Lipinski definition) is 2. The Labute approximate surface area is 92.7 Å². The summed E-state index contributed by atoms with van der Waals surface area (Å²) in [5.74, 6) is 0. The summed E-state index contributed by atoms with van der Waals surface area (Å²) in [7, 11) is 0. The third-order valence-corrected chi connectivity index (χ3v) is 3.08. The molecule has 1 aromatic heterocycles. The van der Waals surface area contributed by atoms with Crippen LogP contribution < -0.4 is 5.56 Å². The topological polar surface area (TPSA) is 39.1 Å². The lowest BCUT2D eigenvalue weighted by molar-refractivity contribution is 0.107. The van der Waals surface area contributed by atoms with Gasteiger partial charge >= 0.3 is 0 Å². The van der Waals surface area contributed by atoms with Crippen LogP contribution in [0.15, 0.2) is 10.9 Å². The Kier molecular flexibility index (Phi) is 2.65. The first-order valence-corrected chi connectivity index (χ1v) is 5.48. The Morgan fingerprint density at radius 2 is 2.27 bits per heavy atom. The fraction of sp³-hybridized carbons (Fsp3) is 0.455. The molecule has 0 saturated carbocycles. The molecule has 0 N–H and O–H groups in total. The van der Waals surface area contributed by atoms with Crippen molar-refractivity contribution in [2.75, 3.05) is 0 Å². The molecule has 1 aliphatic rings. The molecule has 15 heavy (non-hydrogen) atoms. The molecule has 0 fully saturated rings. The molecule has 0 bridgehead atoms. The monoisotopic (exact) mass is 225 g/mol. The van der Waals surface area contributed by atoms with Gasteiger partial charge in [-0.25, -0.2) is 0 Å². The Balaban J connectivity index is 2.73. The van der Waals surface area contributed by atoms with E-state index in [9.17, 15) is 9.59 Å². The fourth-order valence-corrected chi connectivity index (χ4v) is 2.33. The highest BCUT2D eigenvalue weighted by Gasteiger charge is 2.20. The number of carbonyl (C=O) groups excluding carboxylic acids is 1. The van der Waals surface area contributed by atoms with E-state index < -0.39 is 5.24 Å². The predicted molar refractivity (Wildman–Crippen MR) is 58.6 cm³/mol. The molecule has 1 aromatic rings. The van der Waals surface area contributed by atoms with Crippen molar-refractivity contribution < 1.29 is 4.79 Å². The molecule has 0 atom stereocenters. The number of fused-ring (bicyclic) bond motifs is 1. The highest BCUT2D eigenvalue weighted by atomic mass is 35.5. The molecule has 0 aliphatic heterocycles. The van der Waals surface area contributed by atoms with Crippen LogP contribution in [-0.2, 0) is 19.4 Å². The number of aromatic nitrogens is 1. The first kappa shape index (κ1) is 10.4. The van der Waals surface area contributed by atoms with Crippen molar-refractivity contribution in [3.05, 3.63) is 33.2 Å². The maximum absolute atomic E-state index is 11.9. The minimum absolute atomic E-state index is 0.110. The standard InChI is InChI=1S/C11H12ClNO2/c1-2-13-9-5-3-4-7(9)6-8(10(12)14)11(13)15/h6H,2-5H2,1H3. The van der Waals surface area contributed by atoms with E-state index in [1.54, 1.807) is 10.6 Å². The second kappa shape index (κ2) is 3.81. The molecule has 80 valence electrons. The average molecular weight is 226 g/mol. The molecule has 4 heteroatoms. The van der Waals surface area contributed by atoms with Gasteiger partial charge in [0.25, 0.3) is 10.8 Å². The fourth-order valence-electron chi connectivity index (χ4n) is 2.19. The van der Waals surface area contributed by atoms with Crippen molar-refractivity contribution in [2.24, 2.45) is 0 Å². The molecule has 0 unspecified atom stereocenters. The first-order valence-electron chi connectivity index (χ1n) is 5.10. The van der Waals surface area contributed by atoms with Gasteiger partial charge in [0.15, 0.2) is 0 Å². The van der Waals surface area contributed by atoms with Crippen LogP contribution in [0.5, 0.6) is 0 Å². The molecular weight excluding hydrogens is 214 g/mol. The van der Waals surface area contributed by atoms with E-state index in [1.807, 2.05) is 6.92 Å². The molecule has 1 heterocycles. The summed E-state index contributed by atoms with van der Waals surface area (Å²) in [6, 6.07) is 1.66. The number of pyridine rings is 1. The molecule has 2 rings (SSSR count). The molecule has 0 amide bonds. The van der Waals surface area contributed by atoms with Gasteiger partial charge in [0.2, 0.25) is 0 Å². The van der Waals surface area contributed by atoms with Crippen LogP contribution >= 0.6 is 11.6 Å². The number of hydrogen-bond donors (Lipinski definition) is 0. The number of carbonyl (C=O) groups is 1. The lowest BCUT2D eigenvalue weighted by Crippen LogP contribution is -2.27. The molecule has 3 nitrogen and oxygen atoms in total. The third kappa shape index (κ3) is 1.61. The maximum atomic E-state index is 11.9. The van der Waals surface area contributed by atoms with Gasteiger partial charge in [0, 0.05) is 12.2 Å². The summed E-state index contributed by atoms with van der Waals surface area (Å²) in [5, 5.41) is -0.656. The van der Waals surface area contributed by atoms with Crippen molar-refractivity contribution in [3.8, 4) is 0 Å². The van der Waals surface area contributed by atoms with Gasteiger partial charge in [-0.2, -0.15) is 0 Å². The maximum Gasteiger partial charge on any atom is 0.262 e.